The monoisotopic (exact) mass is 550 g/mol. The second kappa shape index (κ2) is 14.6. The predicted molar refractivity (Wildman–Crippen MR) is 144 cm³/mol. The lowest BCUT2D eigenvalue weighted by Gasteiger charge is -2.28. The van der Waals surface area contributed by atoms with Crippen LogP contribution < -0.4 is 9.64 Å². The van der Waals surface area contributed by atoms with E-state index >= 15 is 0 Å². The van der Waals surface area contributed by atoms with Crippen LogP contribution in [0.4, 0.5) is 5.69 Å². The van der Waals surface area contributed by atoms with Gasteiger partial charge in [0.2, 0.25) is 0 Å². The van der Waals surface area contributed by atoms with Crippen molar-refractivity contribution in [3.05, 3.63) is 65.2 Å². The summed E-state index contributed by atoms with van der Waals surface area (Å²) >= 11 is 7.72. The van der Waals surface area contributed by atoms with Crippen molar-refractivity contribution in [1.82, 2.24) is 4.90 Å². The maximum Gasteiger partial charge on any atom is 0.328 e. The summed E-state index contributed by atoms with van der Waals surface area (Å²) in [6.07, 6.45) is -0.0405. The van der Waals surface area contributed by atoms with E-state index in [0.717, 1.165) is 41.5 Å². The molecule has 2 aromatic rings. The van der Waals surface area contributed by atoms with Crippen LogP contribution in [-0.2, 0) is 14.4 Å². The minimum atomic E-state index is -1.26. The van der Waals surface area contributed by atoms with Gasteiger partial charge in [0, 0.05) is 35.2 Å². The van der Waals surface area contributed by atoms with Crippen LogP contribution in [0.25, 0.3) is 0 Å². The highest BCUT2D eigenvalue weighted by atomic mass is 35.5. The van der Waals surface area contributed by atoms with Crippen LogP contribution in [0.2, 0.25) is 5.02 Å². The Hall–Kier alpha value is -3.05. The van der Waals surface area contributed by atoms with Crippen LogP contribution in [0.3, 0.4) is 0 Å². The van der Waals surface area contributed by atoms with E-state index in [-0.39, 0.29) is 5.91 Å². The Morgan fingerprint density at radius 1 is 1.08 bits per heavy atom. The van der Waals surface area contributed by atoms with Gasteiger partial charge in [-0.15, -0.1) is 11.8 Å². The lowest BCUT2D eigenvalue weighted by Crippen LogP contribution is -2.44. The van der Waals surface area contributed by atoms with Crippen LogP contribution >= 0.6 is 23.4 Å². The number of hydrogen-bond donors (Lipinski definition) is 3. The van der Waals surface area contributed by atoms with Gasteiger partial charge in [0.25, 0.3) is 5.91 Å². The molecule has 1 aliphatic heterocycles. The second-order valence-electron chi connectivity index (χ2n) is 7.90. The first-order chi connectivity index (χ1) is 17.6. The number of fused-ring (bicyclic) bond motifs is 1. The molecule has 2 atom stereocenters. The zero-order valence-electron chi connectivity index (χ0n) is 20.8. The Kier molecular flexibility index (Phi) is 11.9. The fourth-order valence-corrected chi connectivity index (χ4v) is 5.16. The molecule has 1 amide bonds. The molecule has 0 saturated carbocycles. The molecule has 2 aromatic carbocycles. The fourth-order valence-electron chi connectivity index (χ4n) is 3.61. The first-order valence-electron chi connectivity index (χ1n) is 11.6. The third-order valence-electron chi connectivity index (χ3n) is 5.62. The number of thioether (sulfide) groups is 1. The topological polar surface area (TPSA) is 128 Å². The van der Waals surface area contributed by atoms with Crippen LogP contribution in [0.1, 0.15) is 24.7 Å². The maximum atomic E-state index is 13.3. The Labute approximate surface area is 225 Å². The maximum absolute atomic E-state index is 13.3. The number of aliphatic hydroxyl groups excluding tert-OH is 1. The third kappa shape index (κ3) is 8.78. The number of nitrogens with zero attached hydrogens (tertiary/aromatic N) is 2. The highest BCUT2D eigenvalue weighted by Gasteiger charge is 2.37. The molecule has 9 nitrogen and oxygen atoms in total. The molecule has 3 N–H and O–H groups in total. The summed E-state index contributed by atoms with van der Waals surface area (Å²) in [6, 6.07) is 13.0. The summed E-state index contributed by atoms with van der Waals surface area (Å²) in [5.41, 5.74) is 1.67. The average molecular weight is 551 g/mol. The molecule has 0 radical (unpaired) electrons. The lowest BCUT2D eigenvalue weighted by atomic mass is 10.1. The van der Waals surface area contributed by atoms with E-state index in [1.807, 2.05) is 36.4 Å². The van der Waals surface area contributed by atoms with Crippen LogP contribution in [0.5, 0.6) is 5.75 Å². The lowest BCUT2D eigenvalue weighted by molar-refractivity contribution is -0.134. The van der Waals surface area contributed by atoms with E-state index in [1.165, 1.54) is 11.8 Å². The third-order valence-corrected chi connectivity index (χ3v) is 7.22. The van der Waals surface area contributed by atoms with Gasteiger partial charge in [-0.05, 0) is 49.0 Å². The number of amides is 1. The van der Waals surface area contributed by atoms with Gasteiger partial charge in [-0.3, -0.25) is 4.79 Å². The van der Waals surface area contributed by atoms with Gasteiger partial charge in [0.1, 0.15) is 11.9 Å². The first-order valence-corrected chi connectivity index (χ1v) is 12.8. The van der Waals surface area contributed by atoms with E-state index in [9.17, 15) is 19.5 Å². The number of likely N-dealkylation sites (N-methyl/N-ethyl adjacent to an activating group) is 1. The van der Waals surface area contributed by atoms with Crippen LogP contribution in [0.15, 0.2) is 59.5 Å². The Morgan fingerprint density at radius 3 is 2.19 bits per heavy atom. The number of carbonyl (C=O) groups is 3. The molecule has 0 saturated heterocycles. The van der Waals surface area contributed by atoms with Gasteiger partial charge >= 0.3 is 11.9 Å². The summed E-state index contributed by atoms with van der Waals surface area (Å²) < 4.78 is 5.23. The summed E-state index contributed by atoms with van der Waals surface area (Å²) in [6.45, 7) is 7.29. The molecule has 1 aliphatic rings. The van der Waals surface area contributed by atoms with Crippen molar-refractivity contribution in [3.63, 3.8) is 0 Å². The summed E-state index contributed by atoms with van der Waals surface area (Å²) in [5, 5.41) is 26.8. The smallest absolute Gasteiger partial charge is 0.328 e. The number of halogens is 1. The molecule has 0 fully saturated rings. The number of aliphatic hydroxyl groups is 1. The molecule has 37 heavy (non-hydrogen) atoms. The van der Waals surface area contributed by atoms with Crippen molar-refractivity contribution in [2.45, 2.75) is 30.1 Å². The van der Waals surface area contributed by atoms with E-state index in [0.29, 0.717) is 23.7 Å². The number of hydrogen-bond acceptors (Lipinski definition) is 7. The number of aliphatic carboxylic acids is 2. The van der Waals surface area contributed by atoms with Crippen molar-refractivity contribution in [3.8, 4) is 5.75 Å². The molecule has 0 aliphatic carbocycles. The molecular formula is C26H31ClN2O7S. The number of benzene rings is 2. The quantitative estimate of drug-likeness (QED) is 0.398. The molecule has 0 aromatic heterocycles. The normalized spacial score (nSPS) is 17.1. The summed E-state index contributed by atoms with van der Waals surface area (Å²) in [7, 11) is 1.61. The number of anilines is 1. The molecule has 0 bridgehead atoms. The summed E-state index contributed by atoms with van der Waals surface area (Å²) in [4.78, 5) is 37.2. The SMILES string of the molecule is CCN(CC)CCN1C(=O)[C@@H](O)[C@@H](c2ccc(OC)cc2)Sc2cc(Cl)ccc21.O=C(O)/C=C/C(=O)O. The van der Waals surface area contributed by atoms with E-state index in [4.69, 9.17) is 26.6 Å². The van der Waals surface area contributed by atoms with Crippen LogP contribution in [0, 0.1) is 0 Å². The van der Waals surface area contributed by atoms with E-state index in [2.05, 4.69) is 18.7 Å². The van der Waals surface area contributed by atoms with Crippen molar-refractivity contribution >= 4 is 46.9 Å². The first kappa shape index (κ1) is 30.2. The van der Waals surface area contributed by atoms with Gasteiger partial charge in [-0.2, -0.15) is 0 Å². The fraction of sp³-hybridized carbons (Fsp3) is 0.346. The van der Waals surface area contributed by atoms with Gasteiger partial charge in [-0.1, -0.05) is 37.6 Å². The zero-order valence-corrected chi connectivity index (χ0v) is 22.4. The van der Waals surface area contributed by atoms with E-state index in [1.54, 1.807) is 18.1 Å². The van der Waals surface area contributed by atoms with Gasteiger partial charge < -0.3 is 29.9 Å². The average Bonchev–Trinajstić information content (AvgIpc) is 2.98. The number of methoxy groups -OCH3 is 1. The largest absolute Gasteiger partial charge is 0.497 e. The van der Waals surface area contributed by atoms with Crippen LogP contribution in [-0.4, -0.2) is 77.5 Å². The Bertz CT molecular complexity index is 1090. The minimum Gasteiger partial charge on any atom is -0.497 e. The standard InChI is InChI=1S/C22H27ClN2O3S.C4H4O4/c1-4-24(5-2)12-13-25-18-11-8-16(23)14-19(18)29-21(20(26)22(25)27)15-6-9-17(28-3)10-7-15;5-3(6)1-2-4(7)8/h6-11,14,20-21,26H,4-5,12-13H2,1-3H3;1-2H,(H,5,6)(H,7,8)/b;2-1+/t20-,21+;/m0./s1. The molecule has 0 unspecified atom stereocenters. The van der Waals surface area contributed by atoms with Crippen molar-refractivity contribution in [1.29, 1.82) is 0 Å². The molecular weight excluding hydrogens is 520 g/mol. The number of carbonyl (C=O) groups excluding carboxylic acids is 1. The van der Waals surface area contributed by atoms with Crippen molar-refractivity contribution < 1.29 is 34.4 Å². The molecule has 11 heteroatoms. The number of rotatable bonds is 9. The van der Waals surface area contributed by atoms with Gasteiger partial charge in [0.15, 0.2) is 0 Å². The highest BCUT2D eigenvalue weighted by molar-refractivity contribution is 7.99. The number of ether oxygens (including phenoxy) is 1. The number of carboxylic acid groups (broad SMARTS) is 2. The Morgan fingerprint density at radius 2 is 1.68 bits per heavy atom. The van der Waals surface area contributed by atoms with Gasteiger partial charge in [-0.25, -0.2) is 9.59 Å². The molecule has 200 valence electrons. The Balaban J connectivity index is 0.000000521. The second-order valence-corrected chi connectivity index (χ2v) is 9.51. The minimum absolute atomic E-state index is 0.286. The molecule has 0 spiro atoms. The molecule has 3 rings (SSSR count). The zero-order chi connectivity index (χ0) is 27.5. The predicted octanol–water partition coefficient (Wildman–Crippen LogP) is 3.94. The van der Waals surface area contributed by atoms with E-state index < -0.39 is 23.3 Å². The van der Waals surface area contributed by atoms with Crippen molar-refractivity contribution in [2.24, 2.45) is 0 Å². The summed E-state index contributed by atoms with van der Waals surface area (Å²) in [5.74, 6) is -2.07. The van der Waals surface area contributed by atoms with Crippen molar-refractivity contribution in [2.75, 3.05) is 38.2 Å². The highest BCUT2D eigenvalue weighted by Crippen LogP contribution is 2.46. The number of carboxylic acids is 2. The molecule has 1 heterocycles. The van der Waals surface area contributed by atoms with Gasteiger partial charge in [0.05, 0.1) is 18.0 Å².